The van der Waals surface area contributed by atoms with Crippen LogP contribution in [0.15, 0.2) is 22.8 Å². The van der Waals surface area contributed by atoms with E-state index in [1.54, 1.807) is 13.2 Å². The van der Waals surface area contributed by atoms with E-state index in [0.717, 1.165) is 5.76 Å². The highest BCUT2D eigenvalue weighted by Crippen LogP contribution is 2.11. The van der Waals surface area contributed by atoms with Crippen molar-refractivity contribution in [3.05, 3.63) is 24.2 Å². The van der Waals surface area contributed by atoms with Crippen LogP contribution in [0.3, 0.4) is 0 Å². The Bertz CT molecular complexity index is 383. The lowest BCUT2D eigenvalue weighted by molar-refractivity contribution is 0.431. The van der Waals surface area contributed by atoms with Gasteiger partial charge in [-0.15, -0.1) is 0 Å². The van der Waals surface area contributed by atoms with Crippen molar-refractivity contribution in [1.82, 2.24) is 5.32 Å². The van der Waals surface area contributed by atoms with E-state index in [2.05, 4.69) is 5.32 Å². The maximum absolute atomic E-state index is 11.2. The monoisotopic (exact) mass is 245 g/mol. The quantitative estimate of drug-likeness (QED) is 0.744. The van der Waals surface area contributed by atoms with Gasteiger partial charge in [0.15, 0.2) is 0 Å². The molecule has 0 spiro atoms. The van der Waals surface area contributed by atoms with Crippen LogP contribution in [0.5, 0.6) is 0 Å². The Morgan fingerprint density at radius 1 is 1.50 bits per heavy atom. The molecule has 16 heavy (non-hydrogen) atoms. The summed E-state index contributed by atoms with van der Waals surface area (Å²) in [6, 6.07) is 3.87. The highest BCUT2D eigenvalue weighted by atomic mass is 32.2. The van der Waals surface area contributed by atoms with E-state index in [1.807, 2.05) is 19.1 Å². The summed E-state index contributed by atoms with van der Waals surface area (Å²) in [4.78, 5) is 0. The van der Waals surface area contributed by atoms with E-state index in [4.69, 9.17) is 4.42 Å². The fourth-order valence-electron chi connectivity index (χ4n) is 1.39. The Labute approximate surface area is 97.0 Å². The lowest BCUT2D eigenvalue weighted by Gasteiger charge is -2.10. The van der Waals surface area contributed by atoms with Crippen LogP contribution in [0, 0.1) is 0 Å². The first-order valence-corrected chi connectivity index (χ1v) is 7.34. The lowest BCUT2D eigenvalue weighted by atomic mass is 10.2. The minimum atomic E-state index is -2.83. The molecular weight excluding hydrogens is 226 g/mol. The molecule has 0 saturated carbocycles. The fraction of sp³-hybridized carbons (Fsp3) is 0.636. The first kappa shape index (κ1) is 13.3. The van der Waals surface area contributed by atoms with Gasteiger partial charge in [0.25, 0.3) is 0 Å². The second kappa shape index (κ2) is 6.06. The van der Waals surface area contributed by atoms with Gasteiger partial charge in [-0.1, -0.05) is 6.92 Å². The summed E-state index contributed by atoms with van der Waals surface area (Å²) >= 11 is 0. The second-order valence-electron chi connectivity index (χ2n) is 3.78. The van der Waals surface area contributed by atoms with E-state index in [1.165, 1.54) is 0 Å². The van der Waals surface area contributed by atoms with Crippen molar-refractivity contribution < 1.29 is 12.8 Å². The molecule has 0 amide bonds. The standard InChI is InChI=1S/C11H19NO3S/c1-3-16(13,14)9-5-7-12-10(2)11-6-4-8-15-11/h4,6,8,10,12H,3,5,7,9H2,1-2H3/t10-/m0/s1. The normalized spacial score (nSPS) is 13.9. The van der Waals surface area contributed by atoms with Crippen molar-refractivity contribution in [3.63, 3.8) is 0 Å². The molecule has 1 atom stereocenters. The van der Waals surface area contributed by atoms with Gasteiger partial charge in [-0.05, 0) is 32.0 Å². The number of hydrogen-bond donors (Lipinski definition) is 1. The molecule has 4 nitrogen and oxygen atoms in total. The molecule has 0 fully saturated rings. The van der Waals surface area contributed by atoms with Gasteiger partial charge in [0.05, 0.1) is 18.1 Å². The molecule has 0 aliphatic heterocycles. The molecule has 0 aliphatic carbocycles. The number of furan rings is 1. The Hall–Kier alpha value is -0.810. The Morgan fingerprint density at radius 3 is 2.81 bits per heavy atom. The molecule has 0 aromatic carbocycles. The summed E-state index contributed by atoms with van der Waals surface area (Å²) in [5.74, 6) is 1.35. The molecule has 0 unspecified atom stereocenters. The third-order valence-electron chi connectivity index (χ3n) is 2.49. The van der Waals surface area contributed by atoms with Crippen LogP contribution < -0.4 is 5.32 Å². The Morgan fingerprint density at radius 2 is 2.25 bits per heavy atom. The molecule has 5 heteroatoms. The van der Waals surface area contributed by atoms with Gasteiger partial charge in [-0.2, -0.15) is 0 Å². The van der Waals surface area contributed by atoms with Crippen molar-refractivity contribution in [2.75, 3.05) is 18.1 Å². The molecule has 0 aliphatic rings. The molecule has 92 valence electrons. The van der Waals surface area contributed by atoms with Crippen molar-refractivity contribution >= 4 is 9.84 Å². The first-order valence-electron chi connectivity index (χ1n) is 5.52. The number of sulfone groups is 1. The zero-order valence-corrected chi connectivity index (χ0v) is 10.6. The highest BCUT2D eigenvalue weighted by molar-refractivity contribution is 7.91. The van der Waals surface area contributed by atoms with Gasteiger partial charge >= 0.3 is 0 Å². The summed E-state index contributed by atoms with van der Waals surface area (Å²) in [6.07, 6.45) is 2.27. The summed E-state index contributed by atoms with van der Waals surface area (Å²) in [5.41, 5.74) is 0. The third-order valence-corrected chi connectivity index (χ3v) is 4.28. The van der Waals surface area contributed by atoms with E-state index in [-0.39, 0.29) is 17.5 Å². The minimum absolute atomic E-state index is 0.124. The van der Waals surface area contributed by atoms with Crippen LogP contribution in [-0.4, -0.2) is 26.5 Å². The maximum Gasteiger partial charge on any atom is 0.150 e. The molecule has 0 saturated heterocycles. The first-order chi connectivity index (χ1) is 7.55. The molecule has 1 rings (SSSR count). The minimum Gasteiger partial charge on any atom is -0.468 e. The summed E-state index contributed by atoms with van der Waals surface area (Å²) in [7, 11) is -2.83. The number of hydrogen-bond acceptors (Lipinski definition) is 4. The van der Waals surface area contributed by atoms with Gasteiger partial charge < -0.3 is 9.73 Å². The molecule has 1 aromatic rings. The predicted octanol–water partition coefficient (Wildman–Crippen LogP) is 1.76. The number of nitrogens with one attached hydrogen (secondary N) is 1. The summed E-state index contributed by atoms with van der Waals surface area (Å²) < 4.78 is 27.7. The SMILES string of the molecule is CCS(=O)(=O)CCCN[C@@H](C)c1ccco1. The van der Waals surface area contributed by atoms with E-state index in [0.29, 0.717) is 13.0 Å². The topological polar surface area (TPSA) is 59.3 Å². The average Bonchev–Trinajstić information content (AvgIpc) is 2.77. The van der Waals surface area contributed by atoms with Crippen LogP contribution in [0.4, 0.5) is 0 Å². The predicted molar refractivity (Wildman–Crippen MR) is 64.1 cm³/mol. The molecule has 0 radical (unpaired) electrons. The van der Waals surface area contributed by atoms with Gasteiger partial charge in [0.2, 0.25) is 0 Å². The van der Waals surface area contributed by atoms with Crippen LogP contribution in [0.2, 0.25) is 0 Å². The second-order valence-corrected chi connectivity index (χ2v) is 6.25. The van der Waals surface area contributed by atoms with E-state index < -0.39 is 9.84 Å². The Balaban J connectivity index is 2.22. The van der Waals surface area contributed by atoms with Crippen molar-refractivity contribution in [2.24, 2.45) is 0 Å². The number of rotatable bonds is 7. The Kier molecular flexibility index (Phi) is 5.02. The molecular formula is C11H19NO3S. The molecule has 1 aromatic heterocycles. The smallest absolute Gasteiger partial charge is 0.150 e. The van der Waals surface area contributed by atoms with Gasteiger partial charge in [-0.3, -0.25) is 0 Å². The maximum atomic E-state index is 11.2. The molecule has 0 bridgehead atoms. The van der Waals surface area contributed by atoms with Crippen molar-refractivity contribution in [3.8, 4) is 0 Å². The highest BCUT2D eigenvalue weighted by Gasteiger charge is 2.09. The summed E-state index contributed by atoms with van der Waals surface area (Å²) in [6.45, 7) is 4.35. The zero-order valence-electron chi connectivity index (χ0n) is 9.77. The van der Waals surface area contributed by atoms with Gasteiger partial charge in [-0.25, -0.2) is 8.42 Å². The van der Waals surface area contributed by atoms with Crippen LogP contribution in [-0.2, 0) is 9.84 Å². The largest absolute Gasteiger partial charge is 0.468 e. The summed E-state index contributed by atoms with van der Waals surface area (Å²) in [5, 5.41) is 3.22. The molecule has 1 heterocycles. The van der Waals surface area contributed by atoms with Crippen molar-refractivity contribution in [1.29, 1.82) is 0 Å². The van der Waals surface area contributed by atoms with Crippen LogP contribution in [0.25, 0.3) is 0 Å². The fourth-order valence-corrected chi connectivity index (χ4v) is 2.27. The van der Waals surface area contributed by atoms with Gasteiger partial charge in [0.1, 0.15) is 15.6 Å². The van der Waals surface area contributed by atoms with Crippen LogP contribution in [0.1, 0.15) is 32.1 Å². The van der Waals surface area contributed by atoms with E-state index in [9.17, 15) is 8.42 Å². The van der Waals surface area contributed by atoms with Gasteiger partial charge in [0, 0.05) is 5.75 Å². The zero-order chi connectivity index (χ0) is 12.0. The molecule has 1 N–H and O–H groups in total. The third kappa shape index (κ3) is 4.37. The van der Waals surface area contributed by atoms with E-state index >= 15 is 0 Å². The lowest BCUT2D eigenvalue weighted by Crippen LogP contribution is -2.22. The average molecular weight is 245 g/mol. The van der Waals surface area contributed by atoms with Crippen LogP contribution >= 0.6 is 0 Å². The van der Waals surface area contributed by atoms with Crippen molar-refractivity contribution in [2.45, 2.75) is 26.3 Å².